The van der Waals surface area contributed by atoms with Crippen molar-refractivity contribution >= 4 is 33.7 Å². The number of thiazole rings is 1. The van der Waals surface area contributed by atoms with Crippen LogP contribution in [0.4, 0.5) is 0 Å². The number of amides is 1. The molecule has 0 fully saturated rings. The number of nitrogens with zero attached hydrogens (tertiary/aromatic N) is 2. The minimum atomic E-state index is -0.485. The first kappa shape index (κ1) is 19.2. The number of halogens is 1. The van der Waals surface area contributed by atoms with E-state index in [0.717, 1.165) is 27.0 Å². The molecule has 0 saturated heterocycles. The van der Waals surface area contributed by atoms with Gasteiger partial charge in [-0.2, -0.15) is 0 Å². The number of carbonyl (C=O) groups is 1. The van der Waals surface area contributed by atoms with Gasteiger partial charge < -0.3 is 5.32 Å². The van der Waals surface area contributed by atoms with E-state index in [9.17, 15) is 14.4 Å². The van der Waals surface area contributed by atoms with Crippen LogP contribution in [0.5, 0.6) is 0 Å². The second-order valence-corrected chi connectivity index (χ2v) is 7.95. The topological polar surface area (TPSA) is 72.6 Å². The van der Waals surface area contributed by atoms with E-state index in [1.165, 1.54) is 16.7 Å². The molecule has 4 rings (SSSR count). The minimum Gasteiger partial charge on any atom is -0.347 e. The van der Waals surface area contributed by atoms with Crippen LogP contribution in [0, 0.1) is 0 Å². The fourth-order valence-electron chi connectivity index (χ4n) is 2.91. The molecule has 0 unspecified atom stereocenters. The number of aromatic nitrogens is 2. The third-order valence-corrected chi connectivity index (χ3v) is 5.71. The number of carbonyl (C=O) groups excluding carboxylic acids is 1. The second kappa shape index (κ2) is 8.06. The smallest absolute Gasteiger partial charge is 0.336 e. The number of benzene rings is 2. The maximum atomic E-state index is 12.8. The van der Waals surface area contributed by atoms with Gasteiger partial charge >= 0.3 is 5.69 Å². The summed E-state index contributed by atoms with van der Waals surface area (Å²) in [7, 11) is 0. The molecule has 0 bridgehead atoms. The number of hydrogen-bond donors (Lipinski definition) is 1. The van der Waals surface area contributed by atoms with Crippen LogP contribution in [0.1, 0.15) is 20.8 Å². The summed E-state index contributed by atoms with van der Waals surface area (Å²) in [6.07, 6.45) is 1.47. The Labute approximate surface area is 174 Å². The van der Waals surface area contributed by atoms with Crippen molar-refractivity contribution in [2.45, 2.75) is 13.1 Å². The average molecular weight is 426 g/mol. The first-order valence-electron chi connectivity index (χ1n) is 8.84. The predicted molar refractivity (Wildman–Crippen MR) is 114 cm³/mol. The summed E-state index contributed by atoms with van der Waals surface area (Å²) in [5.74, 6) is -0.293. The van der Waals surface area contributed by atoms with E-state index in [-0.39, 0.29) is 12.5 Å². The first-order chi connectivity index (χ1) is 14.0. The van der Waals surface area contributed by atoms with Crippen molar-refractivity contribution < 1.29 is 4.79 Å². The molecule has 29 heavy (non-hydrogen) atoms. The number of nitrogens with one attached hydrogen (secondary N) is 1. The van der Waals surface area contributed by atoms with Gasteiger partial charge in [-0.1, -0.05) is 54.1 Å². The van der Waals surface area contributed by atoms with Gasteiger partial charge in [-0.25, -0.2) is 4.79 Å². The van der Waals surface area contributed by atoms with Crippen LogP contribution < -0.4 is 16.6 Å². The van der Waals surface area contributed by atoms with Crippen molar-refractivity contribution in [3.05, 3.63) is 109 Å². The van der Waals surface area contributed by atoms with Gasteiger partial charge in [-0.05, 0) is 23.3 Å². The van der Waals surface area contributed by atoms with Gasteiger partial charge in [0.2, 0.25) is 0 Å². The van der Waals surface area contributed by atoms with Crippen molar-refractivity contribution in [1.82, 2.24) is 14.3 Å². The standard InChI is InChI=1S/C21H16ClN3O3S/c22-16-8-6-15(7-9-16)12-24-18(26)10-19-25(21(24)28)13-17(29-19)20(27)23-11-14-4-2-1-3-5-14/h1-10,13H,11-12H2,(H,23,27). The summed E-state index contributed by atoms with van der Waals surface area (Å²) >= 11 is 6.99. The van der Waals surface area contributed by atoms with Crippen molar-refractivity contribution in [2.24, 2.45) is 0 Å². The summed E-state index contributed by atoms with van der Waals surface area (Å²) in [5, 5.41) is 3.41. The monoisotopic (exact) mass is 425 g/mol. The lowest BCUT2D eigenvalue weighted by atomic mass is 10.2. The van der Waals surface area contributed by atoms with E-state index in [2.05, 4.69) is 5.32 Å². The summed E-state index contributed by atoms with van der Waals surface area (Å²) in [6, 6.07) is 17.8. The van der Waals surface area contributed by atoms with E-state index in [1.807, 2.05) is 30.3 Å². The number of rotatable bonds is 5. The second-order valence-electron chi connectivity index (χ2n) is 6.45. The van der Waals surface area contributed by atoms with Gasteiger partial charge in [0.25, 0.3) is 11.5 Å². The molecular weight excluding hydrogens is 410 g/mol. The Morgan fingerprint density at radius 2 is 1.72 bits per heavy atom. The van der Waals surface area contributed by atoms with E-state index >= 15 is 0 Å². The molecule has 0 aliphatic rings. The van der Waals surface area contributed by atoms with Crippen molar-refractivity contribution in [2.75, 3.05) is 0 Å². The Bertz CT molecular complexity index is 1290. The molecule has 1 N–H and O–H groups in total. The highest BCUT2D eigenvalue weighted by Crippen LogP contribution is 2.15. The molecule has 2 aromatic heterocycles. The van der Waals surface area contributed by atoms with Crippen LogP contribution in [-0.4, -0.2) is 14.9 Å². The fourth-order valence-corrected chi connectivity index (χ4v) is 3.98. The quantitative estimate of drug-likeness (QED) is 0.534. The van der Waals surface area contributed by atoms with Gasteiger partial charge in [0.15, 0.2) is 0 Å². The van der Waals surface area contributed by atoms with Crippen molar-refractivity contribution in [3.8, 4) is 0 Å². The molecule has 2 heterocycles. The Balaban J connectivity index is 1.61. The molecule has 1 amide bonds. The van der Waals surface area contributed by atoms with Crippen LogP contribution in [0.3, 0.4) is 0 Å². The highest BCUT2D eigenvalue weighted by molar-refractivity contribution is 7.19. The summed E-state index contributed by atoms with van der Waals surface area (Å²) in [4.78, 5) is 38.5. The van der Waals surface area contributed by atoms with Crippen LogP contribution >= 0.6 is 22.9 Å². The number of fused-ring (bicyclic) bond motifs is 1. The van der Waals surface area contributed by atoms with Gasteiger partial charge in [0, 0.05) is 23.8 Å². The summed E-state index contributed by atoms with van der Waals surface area (Å²) in [6.45, 7) is 0.509. The molecule has 2 aromatic carbocycles. The lowest BCUT2D eigenvalue weighted by Gasteiger charge is -2.05. The third-order valence-electron chi connectivity index (χ3n) is 4.42. The SMILES string of the molecule is O=C(NCc1ccccc1)c1cn2c(=O)n(Cc3ccc(Cl)cc3)c(=O)cc2s1. The highest BCUT2D eigenvalue weighted by atomic mass is 35.5. The predicted octanol–water partition coefficient (Wildman–Crippen LogP) is 3.15. The van der Waals surface area contributed by atoms with Crippen LogP contribution in [-0.2, 0) is 13.1 Å². The number of hydrogen-bond acceptors (Lipinski definition) is 4. The summed E-state index contributed by atoms with van der Waals surface area (Å²) < 4.78 is 2.47. The largest absolute Gasteiger partial charge is 0.347 e. The van der Waals surface area contributed by atoms with E-state index in [1.54, 1.807) is 24.3 Å². The van der Waals surface area contributed by atoms with E-state index in [4.69, 9.17) is 11.6 Å². The fraction of sp³-hybridized carbons (Fsp3) is 0.0952. The van der Waals surface area contributed by atoms with E-state index < -0.39 is 11.2 Å². The maximum absolute atomic E-state index is 12.8. The van der Waals surface area contributed by atoms with E-state index in [0.29, 0.717) is 21.3 Å². The highest BCUT2D eigenvalue weighted by Gasteiger charge is 2.14. The lowest BCUT2D eigenvalue weighted by Crippen LogP contribution is -2.36. The minimum absolute atomic E-state index is 0.128. The normalized spacial score (nSPS) is 10.9. The van der Waals surface area contributed by atoms with Crippen LogP contribution in [0.2, 0.25) is 5.02 Å². The molecule has 8 heteroatoms. The van der Waals surface area contributed by atoms with Crippen LogP contribution in [0.25, 0.3) is 4.83 Å². The molecule has 6 nitrogen and oxygen atoms in total. The lowest BCUT2D eigenvalue weighted by molar-refractivity contribution is 0.0954. The third kappa shape index (κ3) is 4.16. The molecule has 0 radical (unpaired) electrons. The summed E-state index contributed by atoms with van der Waals surface area (Å²) in [5.41, 5.74) is 0.857. The average Bonchev–Trinajstić information content (AvgIpc) is 3.16. The van der Waals surface area contributed by atoms with Gasteiger partial charge in [-0.15, -0.1) is 11.3 Å². The molecule has 146 valence electrons. The maximum Gasteiger partial charge on any atom is 0.336 e. The zero-order chi connectivity index (χ0) is 20.4. The van der Waals surface area contributed by atoms with Crippen LogP contribution in [0.15, 0.2) is 76.4 Å². The zero-order valence-electron chi connectivity index (χ0n) is 15.2. The molecule has 0 aliphatic carbocycles. The molecule has 0 atom stereocenters. The Kier molecular flexibility index (Phi) is 5.33. The van der Waals surface area contributed by atoms with Crippen molar-refractivity contribution in [3.63, 3.8) is 0 Å². The van der Waals surface area contributed by atoms with Gasteiger partial charge in [-0.3, -0.25) is 18.6 Å². The van der Waals surface area contributed by atoms with Gasteiger partial charge in [0.05, 0.1) is 6.54 Å². The van der Waals surface area contributed by atoms with Gasteiger partial charge in [0.1, 0.15) is 9.71 Å². The molecule has 4 aromatic rings. The Morgan fingerprint density at radius 3 is 2.45 bits per heavy atom. The molecule has 0 saturated carbocycles. The molecular formula is C21H16ClN3O3S. The Morgan fingerprint density at radius 1 is 1.00 bits per heavy atom. The molecule has 0 spiro atoms. The first-order valence-corrected chi connectivity index (χ1v) is 10.0. The Hall–Kier alpha value is -3.16. The molecule has 0 aliphatic heterocycles. The zero-order valence-corrected chi connectivity index (χ0v) is 16.7. The van der Waals surface area contributed by atoms with Crippen molar-refractivity contribution in [1.29, 1.82) is 0 Å².